The van der Waals surface area contributed by atoms with Crippen LogP contribution in [0.4, 0.5) is 5.69 Å². The molecule has 206 valence electrons. The maximum absolute atomic E-state index is 13.0. The molecule has 0 bridgehead atoms. The lowest BCUT2D eigenvalue weighted by Crippen LogP contribution is -2.31. The molecule has 0 saturated heterocycles. The van der Waals surface area contributed by atoms with Gasteiger partial charge in [-0.1, -0.05) is 79.2 Å². The van der Waals surface area contributed by atoms with Crippen molar-refractivity contribution in [1.82, 2.24) is 5.32 Å². The number of hydrogen-bond acceptors (Lipinski definition) is 5. The lowest BCUT2D eigenvalue weighted by atomic mass is 10.1. The number of carbonyl (C=O) groups is 3. The van der Waals surface area contributed by atoms with Gasteiger partial charge in [0.2, 0.25) is 11.8 Å². The van der Waals surface area contributed by atoms with Gasteiger partial charge < -0.3 is 15.4 Å². The normalized spacial score (nSPS) is 12.2. The standard InChI is InChI=1S/C31H36N2O5S/c1-2-38-31(36)22-28(25-15-8-4-9-16-25)39(37)23-30(35)32-20-11-5-10-19-29(34)33-27-18-12-17-26(21-27)24-13-6-3-7-14-24/h3-4,6-9,12-18,21,28H,2,5,10-11,19-20,22-23H2,1H3,(H,32,35)(H,33,34). The van der Waals surface area contributed by atoms with Crippen molar-refractivity contribution >= 4 is 34.3 Å². The van der Waals surface area contributed by atoms with Crippen LogP contribution in [0.3, 0.4) is 0 Å². The molecule has 2 unspecified atom stereocenters. The molecule has 3 aromatic carbocycles. The Morgan fingerprint density at radius 2 is 1.51 bits per heavy atom. The van der Waals surface area contributed by atoms with E-state index in [0.29, 0.717) is 25.8 Å². The Bertz CT molecular complexity index is 1230. The summed E-state index contributed by atoms with van der Waals surface area (Å²) in [4.78, 5) is 36.8. The third kappa shape index (κ3) is 10.5. The van der Waals surface area contributed by atoms with E-state index in [0.717, 1.165) is 28.8 Å². The second kappa shape index (κ2) is 16.2. The molecule has 3 rings (SSSR count). The molecule has 0 aliphatic carbocycles. The van der Waals surface area contributed by atoms with Gasteiger partial charge in [0, 0.05) is 29.5 Å². The van der Waals surface area contributed by atoms with Gasteiger partial charge in [0.1, 0.15) is 5.75 Å². The summed E-state index contributed by atoms with van der Waals surface area (Å²) in [5.41, 5.74) is 3.63. The second-order valence-electron chi connectivity index (χ2n) is 9.09. The van der Waals surface area contributed by atoms with Gasteiger partial charge in [-0.2, -0.15) is 0 Å². The van der Waals surface area contributed by atoms with Crippen molar-refractivity contribution in [3.63, 3.8) is 0 Å². The molecule has 7 nitrogen and oxygen atoms in total. The molecule has 0 aliphatic heterocycles. The zero-order valence-electron chi connectivity index (χ0n) is 22.3. The Kier molecular flexibility index (Phi) is 12.4. The smallest absolute Gasteiger partial charge is 0.307 e. The highest BCUT2D eigenvalue weighted by atomic mass is 32.2. The molecule has 8 heteroatoms. The van der Waals surface area contributed by atoms with E-state index < -0.39 is 22.0 Å². The van der Waals surface area contributed by atoms with Crippen LogP contribution in [0.15, 0.2) is 84.9 Å². The fraction of sp³-hybridized carbons (Fsp3) is 0.323. The Labute approximate surface area is 232 Å². The third-order valence-corrected chi connectivity index (χ3v) is 7.70. The first-order valence-corrected chi connectivity index (χ1v) is 14.6. The van der Waals surface area contributed by atoms with Gasteiger partial charge in [-0.05, 0) is 48.6 Å². The highest BCUT2D eigenvalue weighted by Crippen LogP contribution is 2.25. The van der Waals surface area contributed by atoms with Gasteiger partial charge in [-0.15, -0.1) is 0 Å². The Morgan fingerprint density at radius 1 is 0.821 bits per heavy atom. The quantitative estimate of drug-likeness (QED) is 0.195. The van der Waals surface area contributed by atoms with Crippen LogP contribution in [0, 0.1) is 0 Å². The van der Waals surface area contributed by atoms with Crippen molar-refractivity contribution < 1.29 is 23.3 Å². The van der Waals surface area contributed by atoms with E-state index >= 15 is 0 Å². The van der Waals surface area contributed by atoms with E-state index in [-0.39, 0.29) is 30.6 Å². The Balaban J connectivity index is 1.35. The zero-order valence-corrected chi connectivity index (χ0v) is 23.1. The first-order valence-electron chi connectivity index (χ1n) is 13.3. The predicted octanol–water partition coefficient (Wildman–Crippen LogP) is 5.41. The number of unbranched alkanes of at least 4 members (excludes halogenated alkanes) is 2. The van der Waals surface area contributed by atoms with Crippen LogP contribution in [0.5, 0.6) is 0 Å². The number of esters is 1. The molecule has 2 N–H and O–H groups in total. The fourth-order valence-corrected chi connectivity index (χ4v) is 5.47. The molecule has 0 fully saturated rings. The molecule has 0 heterocycles. The van der Waals surface area contributed by atoms with E-state index in [1.807, 2.05) is 72.8 Å². The maximum Gasteiger partial charge on any atom is 0.307 e. The summed E-state index contributed by atoms with van der Waals surface area (Å²) in [7, 11) is -1.58. The number of hydrogen-bond donors (Lipinski definition) is 2. The average Bonchev–Trinajstić information content (AvgIpc) is 2.94. The van der Waals surface area contributed by atoms with Crippen LogP contribution in [-0.2, 0) is 29.9 Å². The van der Waals surface area contributed by atoms with Gasteiger partial charge in [0.25, 0.3) is 0 Å². The second-order valence-corrected chi connectivity index (χ2v) is 10.7. The van der Waals surface area contributed by atoms with Crippen molar-refractivity contribution in [2.24, 2.45) is 0 Å². The number of ether oxygens (including phenoxy) is 1. The van der Waals surface area contributed by atoms with Crippen molar-refractivity contribution in [1.29, 1.82) is 0 Å². The molecule has 0 aromatic heterocycles. The number of rotatable bonds is 15. The summed E-state index contributed by atoms with van der Waals surface area (Å²) in [6, 6.07) is 26.8. The first kappa shape index (κ1) is 29.8. The number of anilines is 1. The van der Waals surface area contributed by atoms with Gasteiger partial charge in [0.15, 0.2) is 0 Å². The van der Waals surface area contributed by atoms with E-state index in [1.54, 1.807) is 19.1 Å². The maximum atomic E-state index is 13.0. The average molecular weight is 549 g/mol. The highest BCUT2D eigenvalue weighted by Gasteiger charge is 2.25. The summed E-state index contributed by atoms with van der Waals surface area (Å²) >= 11 is 0. The molecule has 2 atom stereocenters. The minimum absolute atomic E-state index is 0.0453. The summed E-state index contributed by atoms with van der Waals surface area (Å²) in [6.45, 7) is 2.40. The topological polar surface area (TPSA) is 102 Å². The molecule has 3 aromatic rings. The number of carbonyl (C=O) groups excluding carboxylic acids is 3. The minimum Gasteiger partial charge on any atom is -0.466 e. The molecule has 2 amide bonds. The molecule has 0 aliphatic rings. The van der Waals surface area contributed by atoms with Crippen LogP contribution < -0.4 is 10.6 Å². The highest BCUT2D eigenvalue weighted by molar-refractivity contribution is 7.86. The molecule has 0 saturated carbocycles. The van der Waals surface area contributed by atoms with E-state index in [9.17, 15) is 18.6 Å². The van der Waals surface area contributed by atoms with Crippen LogP contribution >= 0.6 is 0 Å². The third-order valence-electron chi connectivity index (χ3n) is 6.08. The largest absolute Gasteiger partial charge is 0.466 e. The molecule has 39 heavy (non-hydrogen) atoms. The van der Waals surface area contributed by atoms with Crippen molar-refractivity contribution in [3.05, 3.63) is 90.5 Å². The van der Waals surface area contributed by atoms with Crippen LogP contribution in [0.1, 0.15) is 49.8 Å². The summed E-state index contributed by atoms with van der Waals surface area (Å²) in [6.07, 6.45) is 2.52. The number of amides is 2. The van der Waals surface area contributed by atoms with Crippen molar-refractivity contribution in [2.45, 2.75) is 44.3 Å². The van der Waals surface area contributed by atoms with Crippen molar-refractivity contribution in [2.75, 3.05) is 24.2 Å². The van der Waals surface area contributed by atoms with Gasteiger partial charge in [-0.3, -0.25) is 18.6 Å². The number of benzene rings is 3. The van der Waals surface area contributed by atoms with E-state index in [4.69, 9.17) is 4.74 Å². The van der Waals surface area contributed by atoms with Gasteiger partial charge >= 0.3 is 5.97 Å². The molecular formula is C31H36N2O5S. The summed E-state index contributed by atoms with van der Waals surface area (Å²) in [5, 5.41) is 5.14. The van der Waals surface area contributed by atoms with Crippen molar-refractivity contribution in [3.8, 4) is 11.1 Å². The zero-order chi connectivity index (χ0) is 27.9. The van der Waals surface area contributed by atoms with E-state index in [1.165, 1.54) is 0 Å². The lowest BCUT2D eigenvalue weighted by Gasteiger charge is -2.16. The minimum atomic E-state index is -1.58. The molecule has 0 spiro atoms. The van der Waals surface area contributed by atoms with Gasteiger partial charge in [0.05, 0.1) is 18.3 Å². The molecular weight excluding hydrogens is 512 g/mol. The summed E-state index contributed by atoms with van der Waals surface area (Å²) < 4.78 is 18.0. The first-order chi connectivity index (χ1) is 19.0. The van der Waals surface area contributed by atoms with E-state index in [2.05, 4.69) is 10.6 Å². The Hall–Kier alpha value is -3.78. The Morgan fingerprint density at radius 3 is 2.23 bits per heavy atom. The monoisotopic (exact) mass is 548 g/mol. The SMILES string of the molecule is CCOC(=O)CC(c1ccccc1)S(=O)CC(=O)NCCCCCC(=O)Nc1cccc(-c2ccccc2)c1. The van der Waals surface area contributed by atoms with Crippen LogP contribution in [0.2, 0.25) is 0 Å². The predicted molar refractivity (Wildman–Crippen MR) is 155 cm³/mol. The molecule has 0 radical (unpaired) electrons. The van der Waals surface area contributed by atoms with Crippen LogP contribution in [0.25, 0.3) is 11.1 Å². The lowest BCUT2D eigenvalue weighted by molar-refractivity contribution is -0.143. The summed E-state index contributed by atoms with van der Waals surface area (Å²) in [5.74, 6) is -1.00. The van der Waals surface area contributed by atoms with Crippen LogP contribution in [-0.4, -0.2) is 40.9 Å². The van der Waals surface area contributed by atoms with Gasteiger partial charge in [-0.25, -0.2) is 0 Å². The number of nitrogens with one attached hydrogen (secondary N) is 2. The fourth-order valence-electron chi connectivity index (χ4n) is 4.13.